The first-order chi connectivity index (χ1) is 22.5. The summed E-state index contributed by atoms with van der Waals surface area (Å²) in [7, 11) is 4.59. The molecule has 47 heavy (non-hydrogen) atoms. The highest BCUT2D eigenvalue weighted by Crippen LogP contribution is 2.50. The molecule has 13 nitrogen and oxygen atoms in total. The second-order valence-corrected chi connectivity index (χ2v) is 12.4. The number of aromatic hydroxyl groups is 1. The minimum atomic E-state index is -0.749. The Morgan fingerprint density at radius 1 is 1.02 bits per heavy atom. The number of allylic oxidation sites excluding steroid dienone is 6. The average molecular weight is 703 g/mol. The lowest BCUT2D eigenvalue weighted by molar-refractivity contribution is -0.115. The van der Waals surface area contributed by atoms with Gasteiger partial charge in [-0.15, -0.1) is 0 Å². The Hall–Kier alpha value is -5.24. The number of hydrogen-bond donors (Lipinski definition) is 1. The van der Waals surface area contributed by atoms with E-state index in [0.29, 0.717) is 39.2 Å². The van der Waals surface area contributed by atoms with E-state index in [0.717, 1.165) is 4.57 Å². The number of carbonyl (C=O) groups is 2. The Kier molecular flexibility index (Phi) is 7.27. The van der Waals surface area contributed by atoms with Crippen LogP contribution in [0.25, 0.3) is 11.0 Å². The number of carbonyl (C=O) groups excluding carboxylic acids is 2. The van der Waals surface area contributed by atoms with Gasteiger partial charge < -0.3 is 19.1 Å². The number of nitrogens with zero attached hydrogens (tertiary/aromatic N) is 5. The molecule has 2 atom stereocenters. The summed E-state index contributed by atoms with van der Waals surface area (Å²) in [4.78, 5) is 72.2. The van der Waals surface area contributed by atoms with E-state index in [2.05, 4.69) is 20.9 Å². The minimum absolute atomic E-state index is 0.00693. The predicted octanol–water partition coefficient (Wildman–Crippen LogP) is 2.42. The quantitative estimate of drug-likeness (QED) is 0.236. The third-order valence-electron chi connectivity index (χ3n) is 9.10. The number of benzene rings is 2. The molecule has 0 spiro atoms. The minimum Gasteiger partial charge on any atom is -0.508 e. The molecule has 2 aromatic heterocycles. The summed E-state index contributed by atoms with van der Waals surface area (Å²) < 4.78 is 16.0. The first kappa shape index (κ1) is 30.4. The number of fused-ring (bicyclic) bond motifs is 4. The lowest BCUT2D eigenvalue weighted by Crippen LogP contribution is -2.40. The smallest absolute Gasteiger partial charge is 0.347 e. The Morgan fingerprint density at radius 2 is 1.77 bits per heavy atom. The summed E-state index contributed by atoms with van der Waals surface area (Å²) in [5.41, 5.74) is 1.39. The van der Waals surface area contributed by atoms with Crippen LogP contribution in [0.5, 0.6) is 17.2 Å². The van der Waals surface area contributed by atoms with Gasteiger partial charge in [0.1, 0.15) is 11.4 Å². The van der Waals surface area contributed by atoms with Gasteiger partial charge in [0.25, 0.3) is 5.56 Å². The molecule has 2 aromatic carbocycles. The van der Waals surface area contributed by atoms with E-state index in [1.54, 1.807) is 31.3 Å². The first-order valence-corrected chi connectivity index (χ1v) is 15.5. The summed E-state index contributed by atoms with van der Waals surface area (Å²) in [5, 5.41) is 10.3. The Morgan fingerprint density at radius 3 is 2.49 bits per heavy atom. The standard InChI is InChI=1S/C33H28BrN5O8/c1-36-24-15-27(47-3)26(46-2)14-22(24)35-21(31(36)43)8-9-37-32(44)38-10-7-18-23(39(38)33(37)45)12-19-29(25(41)13-20(34)30(19)42)28(18)16-5-4-6-17(40)11-16/h4-7,11,13-15,23,28,40H,8-10,12H2,1-3H3/t23-,28+/m1/s1. The molecule has 0 unspecified atom stereocenters. The molecule has 1 aliphatic heterocycles. The van der Waals surface area contributed by atoms with Crippen molar-refractivity contribution in [2.75, 3.05) is 14.2 Å². The molecule has 0 saturated heterocycles. The second-order valence-electron chi connectivity index (χ2n) is 11.5. The van der Waals surface area contributed by atoms with Crippen molar-refractivity contribution < 1.29 is 24.2 Å². The highest BCUT2D eigenvalue weighted by Gasteiger charge is 2.45. The largest absolute Gasteiger partial charge is 0.508 e. The molecule has 0 fully saturated rings. The van der Waals surface area contributed by atoms with Crippen LogP contribution in [-0.4, -0.2) is 54.4 Å². The number of halogens is 1. The van der Waals surface area contributed by atoms with Crippen LogP contribution >= 0.6 is 15.9 Å². The first-order valence-electron chi connectivity index (χ1n) is 14.8. The SMILES string of the molecule is COc1cc2nc(CCn3c(=O)n4n(c3=O)[C@@H]3CC5=C(C(=O)C=C(Br)C5=O)[C@@H](c5cccc(O)c5)C3=CC4)c(=O)n(C)c2cc1OC. The zero-order valence-corrected chi connectivity index (χ0v) is 27.1. The number of rotatable bonds is 6. The van der Waals surface area contributed by atoms with Gasteiger partial charge >= 0.3 is 11.4 Å². The maximum absolute atomic E-state index is 14.0. The van der Waals surface area contributed by atoms with Crippen LogP contribution in [0.15, 0.2) is 84.1 Å². The Balaban J connectivity index is 1.29. The summed E-state index contributed by atoms with van der Waals surface area (Å²) in [6.45, 7) is -0.0759. The van der Waals surface area contributed by atoms with Gasteiger partial charge in [0, 0.05) is 61.7 Å². The maximum atomic E-state index is 14.0. The molecule has 7 rings (SSSR count). The third-order valence-corrected chi connectivity index (χ3v) is 9.69. The molecular formula is C33H28BrN5O8. The van der Waals surface area contributed by atoms with Crippen LogP contribution in [0.2, 0.25) is 0 Å². The van der Waals surface area contributed by atoms with E-state index in [4.69, 9.17) is 9.47 Å². The number of methoxy groups -OCH3 is 2. The zero-order valence-electron chi connectivity index (χ0n) is 25.5. The van der Waals surface area contributed by atoms with Crippen molar-refractivity contribution in [2.24, 2.45) is 7.05 Å². The van der Waals surface area contributed by atoms with Gasteiger partial charge in [0.05, 0.1) is 42.3 Å². The number of aromatic nitrogens is 5. The summed E-state index contributed by atoms with van der Waals surface area (Å²) >= 11 is 3.21. The molecule has 2 aliphatic carbocycles. The number of hydrogen-bond acceptors (Lipinski definition) is 9. The molecule has 3 heterocycles. The Labute approximate surface area is 274 Å². The number of aryl methyl sites for hydroxylation is 2. The van der Waals surface area contributed by atoms with Crippen molar-refractivity contribution in [1.82, 2.24) is 23.5 Å². The van der Waals surface area contributed by atoms with E-state index in [-0.39, 0.29) is 64.6 Å². The third kappa shape index (κ3) is 4.65. The lowest BCUT2D eigenvalue weighted by Gasteiger charge is -2.39. The molecule has 240 valence electrons. The van der Waals surface area contributed by atoms with E-state index < -0.39 is 23.3 Å². The van der Waals surface area contributed by atoms with Crippen molar-refractivity contribution in [2.45, 2.75) is 37.9 Å². The van der Waals surface area contributed by atoms with Crippen molar-refractivity contribution >= 4 is 38.5 Å². The fourth-order valence-electron chi connectivity index (χ4n) is 6.89. The summed E-state index contributed by atoms with van der Waals surface area (Å²) in [6, 6.07) is 9.00. The number of phenols is 1. The van der Waals surface area contributed by atoms with Crippen LogP contribution < -0.4 is 26.4 Å². The van der Waals surface area contributed by atoms with E-state index >= 15 is 0 Å². The molecule has 0 bridgehead atoms. The average Bonchev–Trinajstić information content (AvgIpc) is 3.31. The highest BCUT2D eigenvalue weighted by atomic mass is 79.9. The maximum Gasteiger partial charge on any atom is 0.347 e. The highest BCUT2D eigenvalue weighted by molar-refractivity contribution is 9.12. The van der Waals surface area contributed by atoms with Gasteiger partial charge in [-0.3, -0.25) is 14.4 Å². The second kappa shape index (κ2) is 11.2. The van der Waals surface area contributed by atoms with Crippen LogP contribution in [0.3, 0.4) is 0 Å². The Bertz CT molecular complexity index is 2340. The molecule has 4 aromatic rings. The number of ether oxygens (including phenoxy) is 2. The zero-order chi connectivity index (χ0) is 33.3. The number of Topliss-reactive ketones (excluding diaryl/α,β-unsaturated/α-hetero) is 1. The van der Waals surface area contributed by atoms with Crippen molar-refractivity contribution in [1.29, 1.82) is 0 Å². The van der Waals surface area contributed by atoms with Crippen LogP contribution in [0.4, 0.5) is 0 Å². The van der Waals surface area contributed by atoms with Gasteiger partial charge in [0.15, 0.2) is 23.1 Å². The van der Waals surface area contributed by atoms with E-state index in [9.17, 15) is 29.1 Å². The molecule has 0 amide bonds. The van der Waals surface area contributed by atoms with Crippen LogP contribution in [0.1, 0.15) is 29.6 Å². The fraction of sp³-hybridized carbons (Fsp3) is 0.273. The van der Waals surface area contributed by atoms with E-state index in [1.165, 1.54) is 46.4 Å². The van der Waals surface area contributed by atoms with Gasteiger partial charge in [-0.05, 0) is 39.2 Å². The summed E-state index contributed by atoms with van der Waals surface area (Å²) in [5.74, 6) is -0.568. The predicted molar refractivity (Wildman–Crippen MR) is 173 cm³/mol. The number of phenolic OH excluding ortho intramolecular Hbond substituents is 1. The van der Waals surface area contributed by atoms with Crippen molar-refractivity contribution in [3.8, 4) is 17.2 Å². The lowest BCUT2D eigenvalue weighted by atomic mass is 9.69. The number of ketones is 2. The summed E-state index contributed by atoms with van der Waals surface area (Å²) in [6.07, 6.45) is 3.07. The molecular weight excluding hydrogens is 674 g/mol. The topological polar surface area (TPSA) is 157 Å². The molecule has 0 radical (unpaired) electrons. The molecule has 1 N–H and O–H groups in total. The fourth-order valence-corrected chi connectivity index (χ4v) is 7.34. The van der Waals surface area contributed by atoms with E-state index in [1.807, 2.05) is 6.08 Å². The van der Waals surface area contributed by atoms with Crippen LogP contribution in [-0.2, 0) is 36.1 Å². The molecule has 3 aliphatic rings. The van der Waals surface area contributed by atoms with Crippen molar-refractivity contribution in [3.05, 3.63) is 112 Å². The molecule has 14 heteroatoms. The van der Waals surface area contributed by atoms with Gasteiger partial charge in [-0.2, -0.15) is 0 Å². The van der Waals surface area contributed by atoms with Crippen molar-refractivity contribution in [3.63, 3.8) is 0 Å². The van der Waals surface area contributed by atoms with Gasteiger partial charge in [-0.25, -0.2) is 28.5 Å². The monoisotopic (exact) mass is 701 g/mol. The van der Waals surface area contributed by atoms with Gasteiger partial charge in [-0.1, -0.05) is 18.2 Å². The van der Waals surface area contributed by atoms with Crippen LogP contribution in [0, 0.1) is 0 Å². The normalized spacial score (nSPS) is 18.8. The molecule has 0 saturated carbocycles. The van der Waals surface area contributed by atoms with Gasteiger partial charge in [0.2, 0.25) is 0 Å².